The Morgan fingerprint density at radius 3 is 2.80 bits per heavy atom. The fourth-order valence-corrected chi connectivity index (χ4v) is 4.21. The van der Waals surface area contributed by atoms with Gasteiger partial charge in [0.25, 0.3) is 0 Å². The largest absolute Gasteiger partial charge is 0.355 e. The molecule has 0 radical (unpaired) electrons. The van der Waals surface area contributed by atoms with Crippen LogP contribution in [0, 0.1) is 11.7 Å². The second-order valence-electron chi connectivity index (χ2n) is 7.35. The van der Waals surface area contributed by atoms with E-state index in [1.54, 1.807) is 12.1 Å². The zero-order valence-electron chi connectivity index (χ0n) is 14.7. The number of hydrogen-bond acceptors (Lipinski definition) is 3. The Labute approximate surface area is 149 Å². The first-order valence-corrected chi connectivity index (χ1v) is 9.43. The quantitative estimate of drug-likeness (QED) is 0.849. The summed E-state index contributed by atoms with van der Waals surface area (Å²) in [7, 11) is 0. The fourth-order valence-electron chi connectivity index (χ4n) is 4.21. The molecule has 1 aromatic heterocycles. The number of aromatic nitrogens is 1. The summed E-state index contributed by atoms with van der Waals surface area (Å²) in [5.74, 6) is 1.67. The number of rotatable bonds is 4. The van der Waals surface area contributed by atoms with E-state index in [1.807, 2.05) is 18.3 Å². The summed E-state index contributed by atoms with van der Waals surface area (Å²) in [5.41, 5.74) is 2.57. The Morgan fingerprint density at radius 1 is 1.00 bits per heavy atom. The zero-order chi connectivity index (χ0) is 17.1. The molecule has 1 unspecified atom stereocenters. The van der Waals surface area contributed by atoms with Crippen molar-refractivity contribution in [2.45, 2.75) is 25.7 Å². The van der Waals surface area contributed by atoms with Gasteiger partial charge >= 0.3 is 0 Å². The third-order valence-electron chi connectivity index (χ3n) is 5.60. The standard InChI is InChI=1S/C21H26FN3/c22-20-6-5-18-14-17(15-19(18)16-20)7-11-24-9-3-10-25(13-12-24)21-4-1-2-8-23-21/h1-2,4-6,8,16-17H,3,7,9-15H2. The van der Waals surface area contributed by atoms with Gasteiger partial charge in [-0.05, 0) is 80.1 Å². The van der Waals surface area contributed by atoms with Crippen LogP contribution in [0.2, 0.25) is 0 Å². The maximum Gasteiger partial charge on any atom is 0.128 e. The van der Waals surface area contributed by atoms with Crippen molar-refractivity contribution < 1.29 is 4.39 Å². The average molecular weight is 339 g/mol. The van der Waals surface area contributed by atoms with E-state index < -0.39 is 0 Å². The summed E-state index contributed by atoms with van der Waals surface area (Å²) < 4.78 is 13.4. The van der Waals surface area contributed by atoms with E-state index in [9.17, 15) is 4.39 Å². The van der Waals surface area contributed by atoms with Crippen molar-refractivity contribution in [3.8, 4) is 0 Å². The van der Waals surface area contributed by atoms with Gasteiger partial charge in [-0.2, -0.15) is 0 Å². The zero-order valence-corrected chi connectivity index (χ0v) is 14.7. The number of hydrogen-bond donors (Lipinski definition) is 0. The lowest BCUT2D eigenvalue weighted by molar-refractivity contribution is 0.268. The highest BCUT2D eigenvalue weighted by molar-refractivity contribution is 5.37. The highest BCUT2D eigenvalue weighted by Gasteiger charge is 2.23. The molecule has 2 aromatic rings. The minimum atomic E-state index is -0.0958. The van der Waals surface area contributed by atoms with Crippen LogP contribution in [0.4, 0.5) is 10.2 Å². The summed E-state index contributed by atoms with van der Waals surface area (Å²) in [5, 5.41) is 0. The lowest BCUT2D eigenvalue weighted by atomic mass is 10.0. The van der Waals surface area contributed by atoms with Gasteiger partial charge in [-0.3, -0.25) is 0 Å². The van der Waals surface area contributed by atoms with Gasteiger partial charge in [-0.15, -0.1) is 0 Å². The van der Waals surface area contributed by atoms with Crippen molar-refractivity contribution in [1.29, 1.82) is 0 Å². The number of pyridine rings is 1. The van der Waals surface area contributed by atoms with Gasteiger partial charge in [0.15, 0.2) is 0 Å². The van der Waals surface area contributed by atoms with Gasteiger partial charge in [-0.1, -0.05) is 12.1 Å². The van der Waals surface area contributed by atoms with Crippen LogP contribution in [0.5, 0.6) is 0 Å². The molecule has 132 valence electrons. The van der Waals surface area contributed by atoms with Crippen LogP contribution in [-0.2, 0) is 12.8 Å². The van der Waals surface area contributed by atoms with E-state index in [2.05, 4.69) is 26.9 Å². The molecule has 1 aliphatic heterocycles. The number of nitrogens with zero attached hydrogens (tertiary/aromatic N) is 3. The topological polar surface area (TPSA) is 19.4 Å². The Bertz CT molecular complexity index is 704. The van der Waals surface area contributed by atoms with E-state index in [1.165, 1.54) is 24.0 Å². The third-order valence-corrected chi connectivity index (χ3v) is 5.60. The van der Waals surface area contributed by atoms with Crippen molar-refractivity contribution in [3.63, 3.8) is 0 Å². The van der Waals surface area contributed by atoms with Crippen molar-refractivity contribution in [3.05, 3.63) is 59.5 Å². The Balaban J connectivity index is 1.27. The lowest BCUT2D eigenvalue weighted by Gasteiger charge is -2.23. The van der Waals surface area contributed by atoms with Crippen molar-refractivity contribution in [2.24, 2.45) is 5.92 Å². The molecule has 0 bridgehead atoms. The molecule has 2 heterocycles. The molecule has 4 heteroatoms. The van der Waals surface area contributed by atoms with Gasteiger partial charge in [0.05, 0.1) is 0 Å². The van der Waals surface area contributed by atoms with E-state index in [0.717, 1.165) is 51.4 Å². The molecule has 1 aromatic carbocycles. The molecule has 0 spiro atoms. The van der Waals surface area contributed by atoms with Crippen LogP contribution in [0.25, 0.3) is 0 Å². The number of anilines is 1. The number of benzene rings is 1. The number of fused-ring (bicyclic) bond motifs is 1. The molecule has 0 saturated carbocycles. The third kappa shape index (κ3) is 4.01. The van der Waals surface area contributed by atoms with Crippen molar-refractivity contribution >= 4 is 5.82 Å². The first-order valence-electron chi connectivity index (χ1n) is 9.43. The van der Waals surface area contributed by atoms with E-state index in [-0.39, 0.29) is 5.82 Å². The van der Waals surface area contributed by atoms with Crippen LogP contribution < -0.4 is 4.90 Å². The molecule has 4 rings (SSSR count). The molecule has 3 nitrogen and oxygen atoms in total. The SMILES string of the molecule is Fc1ccc2c(c1)CC(CCN1CCCN(c3ccccn3)CC1)C2. The monoisotopic (exact) mass is 339 g/mol. The van der Waals surface area contributed by atoms with Crippen LogP contribution in [-0.4, -0.2) is 42.6 Å². The second kappa shape index (κ2) is 7.52. The summed E-state index contributed by atoms with van der Waals surface area (Å²) in [6.45, 7) is 5.55. The summed E-state index contributed by atoms with van der Waals surface area (Å²) in [4.78, 5) is 9.47. The maximum atomic E-state index is 13.4. The van der Waals surface area contributed by atoms with Gasteiger partial charge < -0.3 is 9.80 Å². The average Bonchev–Trinajstić information content (AvgIpc) is 2.88. The van der Waals surface area contributed by atoms with Crippen LogP contribution in [0.1, 0.15) is 24.0 Å². The van der Waals surface area contributed by atoms with Crippen molar-refractivity contribution in [1.82, 2.24) is 9.88 Å². The maximum absolute atomic E-state index is 13.4. The van der Waals surface area contributed by atoms with Crippen LogP contribution in [0.3, 0.4) is 0 Å². The van der Waals surface area contributed by atoms with Crippen LogP contribution >= 0.6 is 0 Å². The normalized spacial score (nSPS) is 21.2. The van der Waals surface area contributed by atoms with Gasteiger partial charge in [0.2, 0.25) is 0 Å². The molecular formula is C21H26FN3. The molecule has 2 aliphatic rings. The second-order valence-corrected chi connectivity index (χ2v) is 7.35. The van der Waals surface area contributed by atoms with Gasteiger partial charge in [-0.25, -0.2) is 9.37 Å². The molecule has 25 heavy (non-hydrogen) atoms. The summed E-state index contributed by atoms with van der Waals surface area (Å²) >= 11 is 0. The molecule has 1 aliphatic carbocycles. The van der Waals surface area contributed by atoms with E-state index in [0.29, 0.717) is 5.92 Å². The van der Waals surface area contributed by atoms with Gasteiger partial charge in [0.1, 0.15) is 11.6 Å². The van der Waals surface area contributed by atoms with E-state index in [4.69, 9.17) is 0 Å². The number of halogens is 1. The molecule has 1 atom stereocenters. The minimum Gasteiger partial charge on any atom is -0.355 e. The first-order chi connectivity index (χ1) is 12.3. The minimum absolute atomic E-state index is 0.0958. The van der Waals surface area contributed by atoms with Crippen LogP contribution in [0.15, 0.2) is 42.6 Å². The highest BCUT2D eigenvalue weighted by Crippen LogP contribution is 2.29. The molecular weight excluding hydrogens is 313 g/mol. The smallest absolute Gasteiger partial charge is 0.128 e. The Kier molecular flexibility index (Phi) is 4.97. The predicted octanol–water partition coefficient (Wildman–Crippen LogP) is 3.54. The van der Waals surface area contributed by atoms with Crippen molar-refractivity contribution in [2.75, 3.05) is 37.6 Å². The first kappa shape index (κ1) is 16.5. The van der Waals surface area contributed by atoms with E-state index >= 15 is 0 Å². The summed E-state index contributed by atoms with van der Waals surface area (Å²) in [6, 6.07) is 11.4. The Hall–Kier alpha value is -1.94. The van der Waals surface area contributed by atoms with Gasteiger partial charge in [0, 0.05) is 25.8 Å². The molecule has 1 fully saturated rings. The lowest BCUT2D eigenvalue weighted by Crippen LogP contribution is -2.32. The summed E-state index contributed by atoms with van der Waals surface area (Å²) in [6.07, 6.45) is 6.43. The fraction of sp³-hybridized carbons (Fsp3) is 0.476. The predicted molar refractivity (Wildman–Crippen MR) is 99.4 cm³/mol. The highest BCUT2D eigenvalue weighted by atomic mass is 19.1. The molecule has 0 N–H and O–H groups in total. The molecule has 1 saturated heterocycles. The molecule has 0 amide bonds. The Morgan fingerprint density at radius 2 is 1.92 bits per heavy atom.